The summed E-state index contributed by atoms with van der Waals surface area (Å²) in [7, 11) is 0. The average Bonchev–Trinajstić information content (AvgIpc) is 2.74. The van der Waals surface area contributed by atoms with Crippen LogP contribution in [0.1, 0.15) is 62.8 Å². The number of rotatable bonds is 6. The van der Waals surface area contributed by atoms with Gasteiger partial charge in [-0.1, -0.05) is 55.1 Å². The van der Waals surface area contributed by atoms with Crippen LogP contribution in [0.5, 0.6) is 0 Å². The second kappa shape index (κ2) is 12.8. The molecule has 3 aliphatic rings. The predicted octanol–water partition coefficient (Wildman–Crippen LogP) is 5.94. The lowest BCUT2D eigenvalue weighted by molar-refractivity contribution is -0.0344. The van der Waals surface area contributed by atoms with Crippen molar-refractivity contribution in [2.75, 3.05) is 39.3 Å². The maximum absolute atomic E-state index is 11.6. The predicted molar refractivity (Wildman–Crippen MR) is 136 cm³/mol. The first-order valence-corrected chi connectivity index (χ1v) is 12.1. The monoisotopic (exact) mass is 488 g/mol. The molecule has 0 spiro atoms. The van der Waals surface area contributed by atoms with Gasteiger partial charge in [-0.15, -0.1) is 24.8 Å². The molecule has 1 saturated carbocycles. The summed E-state index contributed by atoms with van der Waals surface area (Å²) in [4.78, 5) is 5.21. The summed E-state index contributed by atoms with van der Waals surface area (Å²) in [5.74, 6) is 0.895. The van der Waals surface area contributed by atoms with Crippen LogP contribution in [0.15, 0.2) is 36.4 Å². The summed E-state index contributed by atoms with van der Waals surface area (Å²) in [5.41, 5.74) is 0.615. The second-order valence-corrected chi connectivity index (χ2v) is 9.93. The van der Waals surface area contributed by atoms with E-state index in [4.69, 9.17) is 11.6 Å². The van der Waals surface area contributed by atoms with Crippen molar-refractivity contribution in [2.45, 2.75) is 62.9 Å². The van der Waals surface area contributed by atoms with Crippen LogP contribution in [0, 0.1) is 5.92 Å². The van der Waals surface area contributed by atoms with Gasteiger partial charge in [0.1, 0.15) is 0 Å². The van der Waals surface area contributed by atoms with Gasteiger partial charge in [0.2, 0.25) is 0 Å². The fourth-order valence-corrected chi connectivity index (χ4v) is 5.80. The van der Waals surface area contributed by atoms with E-state index in [0.29, 0.717) is 0 Å². The summed E-state index contributed by atoms with van der Waals surface area (Å²) in [6.07, 6.45) is 14.1. The van der Waals surface area contributed by atoms with E-state index in [1.165, 1.54) is 37.8 Å². The van der Waals surface area contributed by atoms with Gasteiger partial charge >= 0.3 is 0 Å². The summed E-state index contributed by atoms with van der Waals surface area (Å²) < 4.78 is 0. The molecule has 1 N–H and O–H groups in total. The van der Waals surface area contributed by atoms with Gasteiger partial charge in [-0.05, 0) is 55.7 Å². The summed E-state index contributed by atoms with van der Waals surface area (Å²) >= 11 is 6.32. The summed E-state index contributed by atoms with van der Waals surface area (Å²) in [5, 5.41) is 12.4. The topological polar surface area (TPSA) is 26.7 Å². The Bertz CT molecular complexity index is 685. The normalized spacial score (nSPS) is 25.3. The van der Waals surface area contributed by atoms with E-state index in [0.717, 1.165) is 69.3 Å². The van der Waals surface area contributed by atoms with Gasteiger partial charge in [0, 0.05) is 50.2 Å². The zero-order valence-corrected chi connectivity index (χ0v) is 20.9. The van der Waals surface area contributed by atoms with Crippen molar-refractivity contribution >= 4 is 36.4 Å². The quantitative estimate of drug-likeness (QED) is 0.501. The third kappa shape index (κ3) is 7.35. The average molecular weight is 490 g/mol. The number of benzene rings is 1. The van der Waals surface area contributed by atoms with Crippen LogP contribution >= 0.6 is 36.4 Å². The molecule has 2 aliphatic carbocycles. The van der Waals surface area contributed by atoms with Gasteiger partial charge in [-0.25, -0.2) is 0 Å². The molecule has 0 amide bonds. The second-order valence-electron chi connectivity index (χ2n) is 9.49. The molecular weight excluding hydrogens is 451 g/mol. The van der Waals surface area contributed by atoms with Crippen molar-refractivity contribution in [1.29, 1.82) is 0 Å². The van der Waals surface area contributed by atoms with Crippen molar-refractivity contribution < 1.29 is 5.11 Å². The molecule has 3 nitrogen and oxygen atoms in total. The molecule has 1 saturated heterocycles. The number of hydrogen-bond donors (Lipinski definition) is 1. The highest BCUT2D eigenvalue weighted by Crippen LogP contribution is 2.41. The van der Waals surface area contributed by atoms with Gasteiger partial charge in [0.05, 0.1) is 5.60 Å². The zero-order valence-electron chi connectivity index (χ0n) is 18.6. The Hall–Kier alpha value is -0.290. The van der Waals surface area contributed by atoms with Crippen LogP contribution < -0.4 is 0 Å². The molecule has 2 fully saturated rings. The molecule has 2 unspecified atom stereocenters. The minimum atomic E-state index is -0.590. The van der Waals surface area contributed by atoms with Gasteiger partial charge in [-0.3, -0.25) is 0 Å². The Morgan fingerprint density at radius 3 is 2.35 bits per heavy atom. The van der Waals surface area contributed by atoms with E-state index < -0.39 is 5.60 Å². The zero-order chi connectivity index (χ0) is 20.1. The number of aliphatic hydroxyl groups is 1. The lowest BCUT2D eigenvalue weighted by Crippen LogP contribution is -2.51. The molecule has 6 heteroatoms. The number of allylic oxidation sites excluding steroid dienone is 1. The molecule has 1 aromatic carbocycles. The Balaban J connectivity index is 0.00000171. The van der Waals surface area contributed by atoms with Crippen LogP contribution in [0.2, 0.25) is 5.02 Å². The Morgan fingerprint density at radius 2 is 1.71 bits per heavy atom. The van der Waals surface area contributed by atoms with E-state index in [1.807, 2.05) is 12.1 Å². The van der Waals surface area contributed by atoms with Crippen molar-refractivity contribution in [3.05, 3.63) is 47.0 Å². The number of piperazine rings is 1. The molecule has 4 rings (SSSR count). The largest absolute Gasteiger partial charge is 0.389 e. The number of halogens is 3. The third-order valence-electron chi connectivity index (χ3n) is 7.37. The lowest BCUT2D eigenvalue weighted by Gasteiger charge is -2.44. The molecular formula is C25H39Cl3N2O. The van der Waals surface area contributed by atoms with Gasteiger partial charge in [0.25, 0.3) is 0 Å². The van der Waals surface area contributed by atoms with E-state index in [-0.39, 0.29) is 30.7 Å². The highest BCUT2D eigenvalue weighted by atomic mass is 35.5. The Morgan fingerprint density at radius 1 is 1.00 bits per heavy atom. The van der Waals surface area contributed by atoms with Crippen molar-refractivity contribution in [1.82, 2.24) is 9.80 Å². The molecule has 2 atom stereocenters. The summed E-state index contributed by atoms with van der Waals surface area (Å²) in [6.45, 7) is 6.64. The Kier molecular flexibility index (Phi) is 11.1. The first-order valence-electron chi connectivity index (χ1n) is 11.7. The number of hydrogen-bond acceptors (Lipinski definition) is 3. The summed E-state index contributed by atoms with van der Waals surface area (Å²) in [6, 6.07) is 8.21. The first kappa shape index (κ1) is 27.0. The van der Waals surface area contributed by atoms with E-state index in [9.17, 15) is 5.11 Å². The van der Waals surface area contributed by atoms with Crippen molar-refractivity contribution in [3.63, 3.8) is 0 Å². The maximum Gasteiger partial charge on any atom is 0.0728 e. The highest BCUT2D eigenvalue weighted by Gasteiger charge is 2.40. The number of nitrogens with zero attached hydrogens (tertiary/aromatic N) is 2. The SMILES string of the molecule is Cl.Cl.OC1(C(CN2CCN(CC3C=CCCC3)CC2)c2cccc(Cl)c2)CCCCC1. The van der Waals surface area contributed by atoms with Crippen LogP contribution in [0.4, 0.5) is 0 Å². The maximum atomic E-state index is 11.6. The van der Waals surface area contributed by atoms with Gasteiger partial charge in [-0.2, -0.15) is 0 Å². The molecule has 31 heavy (non-hydrogen) atoms. The minimum Gasteiger partial charge on any atom is -0.389 e. The third-order valence-corrected chi connectivity index (χ3v) is 7.61. The molecule has 1 aromatic rings. The van der Waals surface area contributed by atoms with E-state index in [2.05, 4.69) is 34.1 Å². The fourth-order valence-electron chi connectivity index (χ4n) is 5.60. The van der Waals surface area contributed by atoms with Gasteiger partial charge in [0.15, 0.2) is 0 Å². The molecule has 176 valence electrons. The Labute approximate surface area is 206 Å². The van der Waals surface area contributed by atoms with Crippen molar-refractivity contribution in [2.24, 2.45) is 5.92 Å². The molecule has 0 bridgehead atoms. The lowest BCUT2D eigenvalue weighted by atomic mass is 9.72. The van der Waals surface area contributed by atoms with Crippen LogP contribution in [-0.2, 0) is 0 Å². The van der Waals surface area contributed by atoms with E-state index in [1.54, 1.807) is 0 Å². The van der Waals surface area contributed by atoms with Crippen LogP contribution in [0.25, 0.3) is 0 Å². The van der Waals surface area contributed by atoms with Crippen LogP contribution in [-0.4, -0.2) is 59.8 Å². The first-order chi connectivity index (χ1) is 14.1. The smallest absolute Gasteiger partial charge is 0.0728 e. The fraction of sp³-hybridized carbons (Fsp3) is 0.680. The molecule has 1 heterocycles. The standard InChI is InChI=1S/C25H37ClN2O.2ClH/c26-23-11-7-10-22(18-23)24(25(29)12-5-2-6-13-25)20-28-16-14-27(15-17-28)19-21-8-3-1-4-9-21;;/h3,7-8,10-11,18,21,24,29H,1-2,4-6,9,12-17,19-20H2;2*1H. The molecule has 0 aromatic heterocycles. The molecule has 1 aliphatic heterocycles. The molecule has 0 radical (unpaired) electrons. The van der Waals surface area contributed by atoms with E-state index >= 15 is 0 Å². The van der Waals surface area contributed by atoms with Gasteiger partial charge < -0.3 is 14.9 Å². The highest BCUT2D eigenvalue weighted by molar-refractivity contribution is 6.30. The van der Waals surface area contributed by atoms with Crippen molar-refractivity contribution in [3.8, 4) is 0 Å². The van der Waals surface area contributed by atoms with Crippen LogP contribution in [0.3, 0.4) is 0 Å². The minimum absolute atomic E-state index is 0.